The molecule has 0 saturated heterocycles. The first-order valence-electron chi connectivity index (χ1n) is 9.49. The van der Waals surface area contributed by atoms with E-state index in [0.29, 0.717) is 17.3 Å². The predicted octanol–water partition coefficient (Wildman–Crippen LogP) is 3.42. The van der Waals surface area contributed by atoms with Gasteiger partial charge in [0.1, 0.15) is 5.76 Å². The van der Waals surface area contributed by atoms with Crippen LogP contribution in [0.5, 0.6) is 0 Å². The van der Waals surface area contributed by atoms with E-state index in [4.69, 9.17) is 4.74 Å². The highest BCUT2D eigenvalue weighted by molar-refractivity contribution is 6.02. The minimum absolute atomic E-state index is 0.0500. The third kappa shape index (κ3) is 7.09. The lowest BCUT2D eigenvalue weighted by Gasteiger charge is -2.17. The zero-order chi connectivity index (χ0) is 20.8. The van der Waals surface area contributed by atoms with Crippen molar-refractivity contribution in [3.05, 3.63) is 47.3 Å². The number of aliphatic hydroxyl groups excluding tert-OH is 2. The van der Waals surface area contributed by atoms with Gasteiger partial charge in [0, 0.05) is 24.8 Å². The maximum Gasteiger partial charge on any atom is 0.269 e. The molecule has 0 amide bonds. The monoisotopic (exact) mass is 378 g/mol. The molecule has 0 radical (unpaired) electrons. The molecular formula is C22H34O5. The Labute approximate surface area is 162 Å². The van der Waals surface area contributed by atoms with Crippen LogP contribution in [-0.2, 0) is 9.53 Å². The topological polar surface area (TPSA) is 87.0 Å². The number of hydrogen-bond acceptors (Lipinski definition) is 5. The van der Waals surface area contributed by atoms with E-state index in [9.17, 15) is 20.1 Å². The average molecular weight is 379 g/mol. The standard InChI is InChI=1S/C22H34O5/c1-14(2)11-12-16(4)20(24)15(3)9-7-8-10-18(23)13-19-17(5)21(25)22(6,26)27-19/h7-10,12,14-15,18,20,23-24,26H,11,13H2,1-6H3/b9-7+,10-8-,16-12+/t15-,18-,20-,22?/m1/s1. The van der Waals surface area contributed by atoms with Gasteiger partial charge in [0.05, 0.1) is 12.2 Å². The number of Topliss-reactive ketones (excluding diaryl/α,β-unsaturated/α-hetero) is 1. The molecular weight excluding hydrogens is 344 g/mol. The first-order valence-corrected chi connectivity index (χ1v) is 9.49. The molecule has 0 bridgehead atoms. The van der Waals surface area contributed by atoms with Crippen molar-refractivity contribution in [3.8, 4) is 0 Å². The fourth-order valence-electron chi connectivity index (χ4n) is 2.78. The first-order chi connectivity index (χ1) is 12.5. The van der Waals surface area contributed by atoms with Crippen molar-refractivity contribution in [2.75, 3.05) is 0 Å². The summed E-state index contributed by atoms with van der Waals surface area (Å²) in [5.74, 6) is -1.50. The Balaban J connectivity index is 2.55. The number of ketones is 1. The molecule has 1 unspecified atom stereocenters. The van der Waals surface area contributed by atoms with Crippen LogP contribution in [0.15, 0.2) is 47.3 Å². The van der Waals surface area contributed by atoms with Crippen molar-refractivity contribution in [2.45, 2.75) is 72.4 Å². The molecule has 0 spiro atoms. The molecule has 4 atom stereocenters. The van der Waals surface area contributed by atoms with E-state index < -0.39 is 23.8 Å². The van der Waals surface area contributed by atoms with E-state index in [0.717, 1.165) is 12.0 Å². The van der Waals surface area contributed by atoms with Gasteiger partial charge in [0.25, 0.3) is 5.79 Å². The summed E-state index contributed by atoms with van der Waals surface area (Å²) in [5, 5.41) is 30.2. The third-order valence-corrected chi connectivity index (χ3v) is 4.63. The Hall–Kier alpha value is -1.69. The van der Waals surface area contributed by atoms with Crippen LogP contribution in [0.3, 0.4) is 0 Å². The number of allylic oxidation sites excluding steroid dienone is 3. The maximum absolute atomic E-state index is 11.8. The summed E-state index contributed by atoms with van der Waals surface area (Å²) >= 11 is 0. The number of rotatable bonds is 9. The summed E-state index contributed by atoms with van der Waals surface area (Å²) in [4.78, 5) is 11.8. The van der Waals surface area contributed by atoms with Gasteiger partial charge in [0.2, 0.25) is 5.78 Å². The van der Waals surface area contributed by atoms with Crippen molar-refractivity contribution in [3.63, 3.8) is 0 Å². The minimum atomic E-state index is -1.84. The lowest BCUT2D eigenvalue weighted by Crippen LogP contribution is -2.32. The zero-order valence-electron chi connectivity index (χ0n) is 17.3. The van der Waals surface area contributed by atoms with Gasteiger partial charge in [-0.3, -0.25) is 4.79 Å². The van der Waals surface area contributed by atoms with Gasteiger partial charge < -0.3 is 20.1 Å². The van der Waals surface area contributed by atoms with Crippen LogP contribution in [0.25, 0.3) is 0 Å². The predicted molar refractivity (Wildman–Crippen MR) is 107 cm³/mol. The Bertz CT molecular complexity index is 637. The Morgan fingerprint density at radius 1 is 1.19 bits per heavy atom. The van der Waals surface area contributed by atoms with Crippen molar-refractivity contribution < 1.29 is 24.9 Å². The molecule has 1 rings (SSSR count). The molecule has 0 aliphatic carbocycles. The second-order valence-corrected chi connectivity index (χ2v) is 7.89. The fraction of sp³-hybridized carbons (Fsp3) is 0.591. The van der Waals surface area contributed by atoms with Crippen LogP contribution < -0.4 is 0 Å². The second-order valence-electron chi connectivity index (χ2n) is 7.89. The maximum atomic E-state index is 11.8. The van der Waals surface area contributed by atoms with Gasteiger partial charge in [-0.2, -0.15) is 0 Å². The van der Waals surface area contributed by atoms with E-state index in [-0.39, 0.29) is 12.3 Å². The van der Waals surface area contributed by atoms with Crippen molar-refractivity contribution in [2.24, 2.45) is 11.8 Å². The molecule has 0 aromatic rings. The molecule has 1 aliphatic rings. The molecule has 1 aliphatic heterocycles. The Morgan fingerprint density at radius 2 is 1.78 bits per heavy atom. The molecule has 1 heterocycles. The molecule has 27 heavy (non-hydrogen) atoms. The normalized spacial score (nSPS) is 25.0. The van der Waals surface area contributed by atoms with Gasteiger partial charge in [-0.25, -0.2) is 0 Å². The van der Waals surface area contributed by atoms with Gasteiger partial charge >= 0.3 is 0 Å². The molecule has 0 aromatic heterocycles. The summed E-state index contributed by atoms with van der Waals surface area (Å²) < 4.78 is 5.22. The fourth-order valence-corrected chi connectivity index (χ4v) is 2.78. The van der Waals surface area contributed by atoms with E-state index in [1.54, 1.807) is 25.2 Å². The highest BCUT2D eigenvalue weighted by Gasteiger charge is 2.42. The van der Waals surface area contributed by atoms with Crippen LogP contribution in [0.4, 0.5) is 0 Å². The van der Waals surface area contributed by atoms with Crippen LogP contribution >= 0.6 is 0 Å². The third-order valence-electron chi connectivity index (χ3n) is 4.63. The van der Waals surface area contributed by atoms with Crippen LogP contribution in [0, 0.1) is 11.8 Å². The smallest absolute Gasteiger partial charge is 0.269 e. The minimum Gasteiger partial charge on any atom is -0.459 e. The molecule has 152 valence electrons. The van der Waals surface area contributed by atoms with Crippen LogP contribution in [0.2, 0.25) is 0 Å². The van der Waals surface area contributed by atoms with E-state index in [1.807, 2.05) is 19.9 Å². The van der Waals surface area contributed by atoms with Crippen LogP contribution in [-0.4, -0.2) is 39.1 Å². The molecule has 5 nitrogen and oxygen atoms in total. The van der Waals surface area contributed by atoms with Gasteiger partial charge in [-0.15, -0.1) is 0 Å². The largest absolute Gasteiger partial charge is 0.459 e. The van der Waals surface area contributed by atoms with Crippen molar-refractivity contribution >= 4 is 5.78 Å². The molecule has 3 N–H and O–H groups in total. The van der Waals surface area contributed by atoms with Crippen LogP contribution in [0.1, 0.15) is 54.4 Å². The second kappa shape index (κ2) is 10.0. The molecule has 0 fully saturated rings. The van der Waals surface area contributed by atoms with Gasteiger partial charge in [0.15, 0.2) is 0 Å². The van der Waals surface area contributed by atoms with E-state index in [2.05, 4.69) is 19.9 Å². The highest BCUT2D eigenvalue weighted by Crippen LogP contribution is 2.30. The SMILES string of the molecule is CC1=C(C[C@H](O)/C=C\C=C\[C@@H](C)[C@@H](O)/C(C)=C/CC(C)C)OC(C)(O)C1=O. The van der Waals surface area contributed by atoms with Crippen molar-refractivity contribution in [1.29, 1.82) is 0 Å². The number of hydrogen-bond donors (Lipinski definition) is 3. The summed E-state index contributed by atoms with van der Waals surface area (Å²) in [6, 6.07) is 0. The van der Waals surface area contributed by atoms with Crippen molar-refractivity contribution in [1.82, 2.24) is 0 Å². The Kier molecular flexibility index (Phi) is 8.66. The number of aliphatic hydroxyl groups is 3. The lowest BCUT2D eigenvalue weighted by molar-refractivity contribution is -0.171. The first kappa shape index (κ1) is 23.3. The zero-order valence-corrected chi connectivity index (χ0v) is 17.3. The summed E-state index contributed by atoms with van der Waals surface area (Å²) in [6.45, 7) is 11.0. The molecule has 5 heteroatoms. The average Bonchev–Trinajstić information content (AvgIpc) is 2.78. The summed E-state index contributed by atoms with van der Waals surface area (Å²) in [6.07, 6.45) is 8.71. The number of carbonyl (C=O) groups excluding carboxylic acids is 1. The van der Waals surface area contributed by atoms with E-state index in [1.165, 1.54) is 6.92 Å². The number of carbonyl (C=O) groups is 1. The lowest BCUT2D eigenvalue weighted by atomic mass is 9.96. The molecule has 0 aromatic carbocycles. The van der Waals surface area contributed by atoms with Gasteiger partial charge in [-0.05, 0) is 31.8 Å². The van der Waals surface area contributed by atoms with E-state index >= 15 is 0 Å². The highest BCUT2D eigenvalue weighted by atomic mass is 16.6. The summed E-state index contributed by atoms with van der Waals surface area (Å²) in [7, 11) is 0. The van der Waals surface area contributed by atoms with Gasteiger partial charge in [-0.1, -0.05) is 51.2 Å². The molecule has 0 saturated carbocycles. The Morgan fingerprint density at radius 3 is 2.30 bits per heavy atom. The quantitative estimate of drug-likeness (QED) is 0.423. The number of ether oxygens (including phenoxy) is 1. The summed E-state index contributed by atoms with van der Waals surface area (Å²) in [5.41, 5.74) is 1.30.